The first-order valence-corrected chi connectivity index (χ1v) is 5.73. The topological polar surface area (TPSA) is 66.8 Å². The molecule has 0 spiro atoms. The van der Waals surface area contributed by atoms with Crippen LogP contribution in [0.5, 0.6) is 5.75 Å². The molecule has 0 radical (unpaired) electrons. The van der Waals surface area contributed by atoms with Gasteiger partial charge in [0.25, 0.3) is 5.91 Å². The second-order valence-corrected chi connectivity index (χ2v) is 4.24. The Morgan fingerprint density at radius 1 is 1.42 bits per heavy atom. The molecule has 104 valence electrons. The molecule has 1 aromatic carbocycles. The van der Waals surface area contributed by atoms with Crippen molar-refractivity contribution in [1.82, 2.24) is 4.90 Å². The molecule has 0 heterocycles. The zero-order chi connectivity index (χ0) is 14.6. The summed E-state index contributed by atoms with van der Waals surface area (Å²) < 4.78 is 18.8. The highest BCUT2D eigenvalue weighted by atomic mass is 19.1. The monoisotopic (exact) mass is 269 g/mol. The molecule has 0 saturated carbocycles. The van der Waals surface area contributed by atoms with Gasteiger partial charge in [-0.3, -0.25) is 9.59 Å². The maximum atomic E-state index is 14.0. The van der Waals surface area contributed by atoms with E-state index in [0.717, 1.165) is 4.90 Å². The van der Waals surface area contributed by atoms with Crippen LogP contribution in [-0.2, 0) is 4.79 Å². The van der Waals surface area contributed by atoms with E-state index in [1.807, 2.05) is 0 Å². The number of carbonyl (C=O) groups is 2. The van der Waals surface area contributed by atoms with Gasteiger partial charge in [0, 0.05) is 6.04 Å². The van der Waals surface area contributed by atoms with Crippen LogP contribution in [0.1, 0.15) is 24.2 Å². The largest absolute Gasteiger partial charge is 0.494 e. The van der Waals surface area contributed by atoms with Gasteiger partial charge >= 0.3 is 5.97 Å². The Bertz CT molecular complexity index is 488. The number of hydrogen-bond donors (Lipinski definition) is 1. The minimum absolute atomic E-state index is 0.0510. The van der Waals surface area contributed by atoms with E-state index in [1.165, 1.54) is 25.3 Å². The fourth-order valence-corrected chi connectivity index (χ4v) is 1.62. The van der Waals surface area contributed by atoms with Gasteiger partial charge in [0.15, 0.2) is 11.6 Å². The third-order valence-electron chi connectivity index (χ3n) is 2.60. The summed E-state index contributed by atoms with van der Waals surface area (Å²) in [4.78, 5) is 24.0. The summed E-state index contributed by atoms with van der Waals surface area (Å²) in [7, 11) is 1.30. The van der Waals surface area contributed by atoms with Crippen molar-refractivity contribution in [2.75, 3.05) is 13.7 Å². The number of methoxy groups -OCH3 is 1. The van der Waals surface area contributed by atoms with E-state index in [4.69, 9.17) is 9.84 Å². The first-order valence-electron chi connectivity index (χ1n) is 5.73. The predicted octanol–water partition coefficient (Wildman–Crippen LogP) is 1.77. The highest BCUT2D eigenvalue weighted by molar-refractivity contribution is 5.96. The lowest BCUT2D eigenvalue weighted by Gasteiger charge is -2.25. The molecule has 6 heteroatoms. The lowest BCUT2D eigenvalue weighted by Crippen LogP contribution is -2.41. The number of amides is 1. The Balaban J connectivity index is 3.13. The minimum Gasteiger partial charge on any atom is -0.494 e. The van der Waals surface area contributed by atoms with Gasteiger partial charge in [-0.1, -0.05) is 6.07 Å². The molecule has 0 saturated heterocycles. The molecule has 1 rings (SSSR count). The molecule has 5 nitrogen and oxygen atoms in total. The summed E-state index contributed by atoms with van der Waals surface area (Å²) in [6.45, 7) is 2.85. The van der Waals surface area contributed by atoms with Crippen LogP contribution < -0.4 is 4.74 Å². The first-order chi connectivity index (χ1) is 8.88. The summed E-state index contributed by atoms with van der Waals surface area (Å²) in [6, 6.07) is 3.82. The van der Waals surface area contributed by atoms with Crippen LogP contribution >= 0.6 is 0 Å². The SMILES string of the molecule is COc1cccc(C(=O)N(CC(=O)O)C(C)C)c1F. The zero-order valence-electron chi connectivity index (χ0n) is 11.0. The van der Waals surface area contributed by atoms with Crippen molar-refractivity contribution in [3.63, 3.8) is 0 Å². The van der Waals surface area contributed by atoms with Crippen LogP contribution in [0.2, 0.25) is 0 Å². The van der Waals surface area contributed by atoms with E-state index in [-0.39, 0.29) is 17.4 Å². The van der Waals surface area contributed by atoms with Crippen LogP contribution in [0.3, 0.4) is 0 Å². The van der Waals surface area contributed by atoms with Crippen molar-refractivity contribution in [3.05, 3.63) is 29.6 Å². The number of ether oxygens (including phenoxy) is 1. The molecule has 0 aromatic heterocycles. The Labute approximate surface area is 110 Å². The van der Waals surface area contributed by atoms with E-state index in [0.29, 0.717) is 0 Å². The number of halogens is 1. The van der Waals surface area contributed by atoms with E-state index < -0.39 is 24.2 Å². The predicted molar refractivity (Wildman–Crippen MR) is 66.8 cm³/mol. The fourth-order valence-electron chi connectivity index (χ4n) is 1.62. The standard InChI is InChI=1S/C13H16FNO4/c1-8(2)15(7-11(16)17)13(18)9-5-4-6-10(19-3)12(9)14/h4-6,8H,7H2,1-3H3,(H,16,17). The van der Waals surface area contributed by atoms with Gasteiger partial charge in [-0.15, -0.1) is 0 Å². The highest BCUT2D eigenvalue weighted by Crippen LogP contribution is 2.21. The Morgan fingerprint density at radius 3 is 2.53 bits per heavy atom. The molecular formula is C13H16FNO4. The fraction of sp³-hybridized carbons (Fsp3) is 0.385. The lowest BCUT2D eigenvalue weighted by atomic mass is 10.1. The van der Waals surface area contributed by atoms with Crippen molar-refractivity contribution in [1.29, 1.82) is 0 Å². The van der Waals surface area contributed by atoms with E-state index in [1.54, 1.807) is 13.8 Å². The molecule has 0 bridgehead atoms. The van der Waals surface area contributed by atoms with Gasteiger partial charge in [-0.2, -0.15) is 0 Å². The molecule has 0 fully saturated rings. The molecular weight excluding hydrogens is 253 g/mol. The van der Waals surface area contributed by atoms with Crippen LogP contribution in [0, 0.1) is 5.82 Å². The minimum atomic E-state index is -1.15. The van der Waals surface area contributed by atoms with E-state index in [9.17, 15) is 14.0 Å². The van der Waals surface area contributed by atoms with Crippen molar-refractivity contribution < 1.29 is 23.8 Å². The van der Waals surface area contributed by atoms with Crippen LogP contribution in [0.25, 0.3) is 0 Å². The third kappa shape index (κ3) is 3.43. The molecule has 1 N–H and O–H groups in total. The van der Waals surface area contributed by atoms with Crippen molar-refractivity contribution >= 4 is 11.9 Å². The number of aliphatic carboxylic acids is 1. The average molecular weight is 269 g/mol. The molecule has 19 heavy (non-hydrogen) atoms. The summed E-state index contributed by atoms with van der Waals surface area (Å²) >= 11 is 0. The van der Waals surface area contributed by atoms with Gasteiger partial charge in [-0.05, 0) is 26.0 Å². The molecule has 0 aliphatic rings. The second kappa shape index (κ2) is 6.17. The van der Waals surface area contributed by atoms with Crippen LogP contribution in [-0.4, -0.2) is 41.6 Å². The lowest BCUT2D eigenvalue weighted by molar-refractivity contribution is -0.138. The molecule has 0 unspecified atom stereocenters. The maximum Gasteiger partial charge on any atom is 0.323 e. The van der Waals surface area contributed by atoms with Crippen molar-refractivity contribution in [2.24, 2.45) is 0 Å². The van der Waals surface area contributed by atoms with Gasteiger partial charge in [0.1, 0.15) is 6.54 Å². The van der Waals surface area contributed by atoms with Gasteiger partial charge < -0.3 is 14.7 Å². The van der Waals surface area contributed by atoms with Gasteiger partial charge in [0.05, 0.1) is 12.7 Å². The number of rotatable bonds is 5. The number of benzene rings is 1. The second-order valence-electron chi connectivity index (χ2n) is 4.24. The first kappa shape index (κ1) is 14.9. The molecule has 1 amide bonds. The Kier molecular flexibility index (Phi) is 4.86. The van der Waals surface area contributed by atoms with Crippen molar-refractivity contribution in [3.8, 4) is 5.75 Å². The number of carbonyl (C=O) groups excluding carboxylic acids is 1. The van der Waals surface area contributed by atoms with Gasteiger partial charge in [-0.25, -0.2) is 4.39 Å². The highest BCUT2D eigenvalue weighted by Gasteiger charge is 2.25. The number of hydrogen-bond acceptors (Lipinski definition) is 3. The smallest absolute Gasteiger partial charge is 0.323 e. The average Bonchev–Trinajstić information content (AvgIpc) is 2.35. The van der Waals surface area contributed by atoms with E-state index in [2.05, 4.69) is 0 Å². The molecule has 0 aliphatic heterocycles. The Morgan fingerprint density at radius 2 is 2.05 bits per heavy atom. The van der Waals surface area contributed by atoms with Crippen LogP contribution in [0.4, 0.5) is 4.39 Å². The van der Waals surface area contributed by atoms with Gasteiger partial charge in [0.2, 0.25) is 0 Å². The third-order valence-corrected chi connectivity index (χ3v) is 2.60. The summed E-state index contributed by atoms with van der Waals surface area (Å²) in [5, 5.41) is 8.79. The summed E-state index contributed by atoms with van der Waals surface area (Å²) in [5.41, 5.74) is -0.200. The summed E-state index contributed by atoms with van der Waals surface area (Å²) in [5.74, 6) is -2.66. The molecule has 0 atom stereocenters. The molecule has 0 aliphatic carbocycles. The number of carboxylic acids is 1. The maximum absolute atomic E-state index is 14.0. The number of carboxylic acid groups (broad SMARTS) is 1. The van der Waals surface area contributed by atoms with Crippen molar-refractivity contribution in [2.45, 2.75) is 19.9 Å². The summed E-state index contributed by atoms with van der Waals surface area (Å²) in [6.07, 6.45) is 0. The zero-order valence-corrected chi connectivity index (χ0v) is 11.0. The normalized spacial score (nSPS) is 10.4. The van der Waals surface area contributed by atoms with E-state index >= 15 is 0 Å². The molecule has 1 aromatic rings. The quantitative estimate of drug-likeness (QED) is 0.884. The number of nitrogens with zero attached hydrogens (tertiary/aromatic N) is 1. The Hall–Kier alpha value is -2.11. The van der Waals surface area contributed by atoms with Crippen LogP contribution in [0.15, 0.2) is 18.2 Å².